The van der Waals surface area contributed by atoms with Crippen molar-refractivity contribution in [3.63, 3.8) is 0 Å². The van der Waals surface area contributed by atoms with E-state index in [2.05, 4.69) is 52.8 Å². The van der Waals surface area contributed by atoms with Gasteiger partial charge in [0.25, 0.3) is 0 Å². The molecule has 0 aliphatic carbocycles. The topological polar surface area (TPSA) is 580 Å². The number of nitrogens with zero attached hydrogens (tertiary/aromatic N) is 1. The van der Waals surface area contributed by atoms with Crippen molar-refractivity contribution in [3.05, 3.63) is 95.6 Å². The van der Waals surface area contributed by atoms with Gasteiger partial charge in [-0.05, 0) is 111 Å². The number of carbonyl (C=O) groups is 13. The molecule has 0 spiro atoms. The quantitative estimate of drug-likeness (QED) is 0.0151. The number of phenolic OH excluding ortho intramolecular Hbond substituents is 2. The van der Waals surface area contributed by atoms with Crippen LogP contribution in [0.25, 0.3) is 0 Å². The zero-order valence-electron chi connectivity index (χ0n) is 54.8. The van der Waals surface area contributed by atoms with Gasteiger partial charge in [0.05, 0.1) is 12.5 Å². The van der Waals surface area contributed by atoms with Gasteiger partial charge >= 0.3 is 11.9 Å². The number of aliphatic imine (C=N–C) groups is 1. The number of nitrogens with one attached hydrogen (secondary N) is 9. The molecule has 3 aromatic carbocycles. The fraction of sp³-hybridized carbons (Fsp3) is 0.500. The van der Waals surface area contributed by atoms with Crippen molar-refractivity contribution >= 4 is 82.9 Å². The fourth-order valence-electron chi connectivity index (χ4n) is 9.77. The summed E-state index contributed by atoms with van der Waals surface area (Å²) in [5.74, 6) is -15.2. The number of unbranched alkanes of at least 4 members (excludes halogenated alkanes) is 1. The lowest BCUT2D eigenvalue weighted by Crippen LogP contribution is -2.61. The Morgan fingerprint density at radius 3 is 1.25 bits per heavy atom. The van der Waals surface area contributed by atoms with E-state index in [1.54, 1.807) is 58.0 Å². The van der Waals surface area contributed by atoms with Crippen LogP contribution in [-0.2, 0) is 81.6 Å². The number of carbonyl (C=O) groups excluding carboxylic acids is 11. The molecule has 0 radical (unpaired) electrons. The van der Waals surface area contributed by atoms with Gasteiger partial charge in [0.1, 0.15) is 65.9 Å². The first-order valence-electron chi connectivity index (χ1n) is 31.6. The van der Waals surface area contributed by atoms with Crippen LogP contribution in [0.1, 0.15) is 115 Å². The van der Waals surface area contributed by atoms with E-state index in [1.165, 1.54) is 48.5 Å². The number of primary amides is 2. The van der Waals surface area contributed by atoms with Crippen molar-refractivity contribution in [2.45, 2.75) is 178 Å². The number of nitrogens with two attached hydrogens (primary N) is 6. The second-order valence-electron chi connectivity index (χ2n) is 24.1. The Morgan fingerprint density at radius 2 is 0.814 bits per heavy atom. The number of phenols is 2. The molecule has 33 nitrogen and oxygen atoms in total. The van der Waals surface area contributed by atoms with Crippen LogP contribution in [0.2, 0.25) is 0 Å². The van der Waals surface area contributed by atoms with Crippen molar-refractivity contribution < 1.29 is 82.8 Å². The highest BCUT2D eigenvalue weighted by Gasteiger charge is 2.37. The van der Waals surface area contributed by atoms with E-state index < -0.39 is 163 Å². The second-order valence-corrected chi connectivity index (χ2v) is 24.1. The van der Waals surface area contributed by atoms with E-state index in [1.807, 2.05) is 0 Å². The third kappa shape index (κ3) is 30.7. The number of carboxylic acid groups (broad SMARTS) is 2. The van der Waals surface area contributed by atoms with Crippen LogP contribution in [0.4, 0.5) is 0 Å². The minimum atomic E-state index is -2.05. The average Bonchev–Trinajstić information content (AvgIpc) is 0.864. The van der Waals surface area contributed by atoms with Crippen molar-refractivity contribution in [1.29, 1.82) is 0 Å². The first-order valence-corrected chi connectivity index (χ1v) is 31.6. The molecule has 0 heterocycles. The maximum absolute atomic E-state index is 14.6. The van der Waals surface area contributed by atoms with E-state index >= 15 is 0 Å². The van der Waals surface area contributed by atoms with E-state index in [4.69, 9.17) is 34.4 Å². The third-order valence-electron chi connectivity index (χ3n) is 15.0. The predicted octanol–water partition coefficient (Wildman–Crippen LogP) is -3.21. The molecule has 0 saturated carbocycles. The summed E-state index contributed by atoms with van der Waals surface area (Å²) >= 11 is 0. The monoisotopic (exact) mass is 1360 g/mol. The SMILES string of the molecule is CC(C)C[C@H](NC(=O)[C@H](Cc1ccc(O)cc1)NC(=O)[C@H](CCCN=C(N)N)NC(=O)[C@H](CCC(N)=O)NC(=O)[C@H](CC(=O)O)NC(=O)[C@H](Cc1ccccc1)NC(=O)[C@H](CCCCN)NC(=O)[C@@H](NC(=O)[C@H](Cc1ccc(O)cc1)NC(=O)[C@@H](N)CCC(N)=O)C(C)C)C(=O)O. The normalized spacial score (nSPS) is 14.1. The zero-order chi connectivity index (χ0) is 72.5. The number of aromatic hydroxyl groups is 2. The molecule has 0 aliphatic rings. The molecule has 97 heavy (non-hydrogen) atoms. The van der Waals surface area contributed by atoms with E-state index in [0.29, 0.717) is 23.1 Å². The lowest BCUT2D eigenvalue weighted by Gasteiger charge is -2.29. The van der Waals surface area contributed by atoms with E-state index in [-0.39, 0.29) is 101 Å². The van der Waals surface area contributed by atoms with Crippen LogP contribution in [-0.4, -0.2) is 177 Å². The molecule has 0 aromatic heterocycles. The van der Waals surface area contributed by atoms with Crippen LogP contribution >= 0.6 is 0 Å². The van der Waals surface area contributed by atoms with Gasteiger partial charge in [-0.25, -0.2) is 4.79 Å². The van der Waals surface area contributed by atoms with Crippen LogP contribution in [0.5, 0.6) is 11.5 Å². The minimum absolute atomic E-state index is 0.00424. The molecule has 0 bridgehead atoms. The van der Waals surface area contributed by atoms with Gasteiger partial charge in [0.2, 0.25) is 65.0 Å². The first-order chi connectivity index (χ1) is 45.8. The lowest BCUT2D eigenvalue weighted by molar-refractivity contribution is -0.143. The van der Waals surface area contributed by atoms with Gasteiger partial charge in [0, 0.05) is 38.6 Å². The van der Waals surface area contributed by atoms with Gasteiger partial charge in [-0.2, -0.15) is 0 Å². The molecule has 3 rings (SSSR count). The van der Waals surface area contributed by atoms with Crippen LogP contribution in [0, 0.1) is 11.8 Å². The van der Waals surface area contributed by atoms with Crippen molar-refractivity contribution in [3.8, 4) is 11.5 Å². The van der Waals surface area contributed by atoms with Crippen molar-refractivity contribution in [2.75, 3.05) is 13.1 Å². The molecule has 10 atom stereocenters. The second kappa shape index (κ2) is 41.4. The van der Waals surface area contributed by atoms with Gasteiger partial charge in [0.15, 0.2) is 5.96 Å². The molecule has 0 saturated heterocycles. The predicted molar refractivity (Wildman–Crippen MR) is 353 cm³/mol. The Morgan fingerprint density at radius 1 is 0.433 bits per heavy atom. The number of aliphatic carboxylic acids is 2. The Hall–Kier alpha value is -10.4. The molecule has 0 unspecified atom stereocenters. The van der Waals surface area contributed by atoms with Crippen LogP contribution < -0.4 is 82.3 Å². The molecule has 0 aliphatic heterocycles. The first kappa shape index (κ1) is 80.8. The number of hydrogen-bond donors (Lipinski definition) is 19. The summed E-state index contributed by atoms with van der Waals surface area (Å²) in [6.07, 6.45) is -3.17. The van der Waals surface area contributed by atoms with Crippen LogP contribution in [0.3, 0.4) is 0 Å². The average molecular weight is 1360 g/mol. The molecular weight excluding hydrogens is 1260 g/mol. The summed E-state index contributed by atoms with van der Waals surface area (Å²) in [6.45, 7) is 6.72. The molecule has 33 heteroatoms. The van der Waals surface area contributed by atoms with Gasteiger partial charge < -0.3 is 103 Å². The number of carboxylic acids is 2. The summed E-state index contributed by atoms with van der Waals surface area (Å²) in [4.78, 5) is 181. The van der Waals surface area contributed by atoms with Crippen molar-refractivity contribution in [2.24, 2.45) is 51.2 Å². The van der Waals surface area contributed by atoms with Gasteiger partial charge in [-0.15, -0.1) is 0 Å². The number of hydrogen-bond acceptors (Lipinski definition) is 18. The van der Waals surface area contributed by atoms with Gasteiger partial charge in [-0.1, -0.05) is 82.3 Å². The van der Waals surface area contributed by atoms with E-state index in [9.17, 15) is 82.8 Å². The highest BCUT2D eigenvalue weighted by Crippen LogP contribution is 2.17. The number of amides is 11. The minimum Gasteiger partial charge on any atom is -0.508 e. The number of benzene rings is 3. The molecular formula is C64H94N16O17. The van der Waals surface area contributed by atoms with Crippen molar-refractivity contribution in [1.82, 2.24) is 47.9 Å². The molecule has 11 amide bonds. The van der Waals surface area contributed by atoms with E-state index in [0.717, 1.165) is 0 Å². The Bertz CT molecular complexity index is 3190. The number of guanidine groups is 1. The highest BCUT2D eigenvalue weighted by atomic mass is 16.4. The molecule has 25 N–H and O–H groups in total. The van der Waals surface area contributed by atoms with Crippen LogP contribution in [0.15, 0.2) is 83.9 Å². The van der Waals surface area contributed by atoms with Gasteiger partial charge in [-0.3, -0.25) is 62.5 Å². The summed E-state index contributed by atoms with van der Waals surface area (Å²) in [7, 11) is 0. The Balaban J connectivity index is 2.01. The number of rotatable bonds is 44. The summed E-state index contributed by atoms with van der Waals surface area (Å²) in [5.41, 5.74) is 34.9. The Kier molecular flexibility index (Phi) is 34.5. The summed E-state index contributed by atoms with van der Waals surface area (Å²) in [5, 5.41) is 62.5. The highest BCUT2D eigenvalue weighted by molar-refractivity contribution is 5.99. The maximum Gasteiger partial charge on any atom is 0.326 e. The maximum atomic E-state index is 14.6. The Labute approximate surface area is 560 Å². The largest absolute Gasteiger partial charge is 0.508 e. The smallest absolute Gasteiger partial charge is 0.326 e. The summed E-state index contributed by atoms with van der Waals surface area (Å²) in [6, 6.07) is 3.82. The lowest BCUT2D eigenvalue weighted by atomic mass is 9.99. The standard InChI is InChI=1S/C64H94N16O17/c1-34(2)29-49(63(96)97)79-59(92)46(31-37-15-19-39(81)20-16-37)77-56(89)43(14-10-28-71-64(69)70)72-57(90)44(24-26-51(68)84)73-60(93)48(33-52(85)86)78-58(91)45(30-36-11-6-5-7-12-36)76-55(88)42(13-8-9-27-65)74-62(95)53(35(3)4)80-61(94)47(32-38-17-21-40(82)22-18-38)75-54(87)41(66)23-25-50(67)83/h5-7,11-12,15-22,34-35,41-49,53,81-82H,8-10,13-14,23-33,65-66H2,1-4H3,(H2,67,83)(H2,68,84)(H,72,90)(H,73,93)(H,74,95)(H,75,87)(H,76,88)(H,77,89)(H,78,91)(H,79,92)(H,80,94)(H,85,86)(H,96,97)(H4,69,70,71)/t41-,42-,43-,44-,45-,46-,47-,48-,49-,53-/m0/s1. The fourth-order valence-corrected chi connectivity index (χ4v) is 9.77. The summed E-state index contributed by atoms with van der Waals surface area (Å²) < 4.78 is 0. The molecule has 0 fully saturated rings. The molecule has 532 valence electrons. The zero-order valence-corrected chi connectivity index (χ0v) is 54.8. The molecule has 3 aromatic rings. The third-order valence-corrected chi connectivity index (χ3v) is 15.0.